The minimum Gasteiger partial charge on any atom is -0.328 e. The summed E-state index contributed by atoms with van der Waals surface area (Å²) in [5.74, 6) is 1.33. The van der Waals surface area contributed by atoms with Crippen LogP contribution in [0.4, 0.5) is 5.69 Å². The Hall–Kier alpha value is -0.710. The number of thioether (sulfide) groups is 1. The lowest BCUT2D eigenvalue weighted by Gasteiger charge is -2.25. The summed E-state index contributed by atoms with van der Waals surface area (Å²) >= 11 is 1.85. The van der Waals surface area contributed by atoms with Crippen LogP contribution < -0.4 is 11.1 Å². The first-order chi connectivity index (χ1) is 9.69. The number of carbonyl (C=O) groups is 1. The SMILES string of the molecule is CSCCc1ccc(NC(=O)C2CCCC(N)C2)cc1.Cl. The Morgan fingerprint density at radius 3 is 2.67 bits per heavy atom. The van der Waals surface area contributed by atoms with Gasteiger partial charge >= 0.3 is 0 Å². The zero-order valence-electron chi connectivity index (χ0n) is 12.5. The molecule has 1 saturated carbocycles. The van der Waals surface area contributed by atoms with Gasteiger partial charge in [-0.3, -0.25) is 4.79 Å². The number of aryl methyl sites for hydroxylation is 1. The number of amides is 1. The van der Waals surface area contributed by atoms with Crippen molar-refractivity contribution >= 4 is 35.8 Å². The maximum Gasteiger partial charge on any atom is 0.227 e. The highest BCUT2D eigenvalue weighted by molar-refractivity contribution is 7.98. The van der Waals surface area contributed by atoms with E-state index in [0.29, 0.717) is 0 Å². The molecule has 0 aliphatic heterocycles. The van der Waals surface area contributed by atoms with Gasteiger partial charge in [0.1, 0.15) is 0 Å². The molecule has 5 heteroatoms. The summed E-state index contributed by atoms with van der Waals surface area (Å²) in [7, 11) is 0. The Morgan fingerprint density at radius 2 is 2.05 bits per heavy atom. The summed E-state index contributed by atoms with van der Waals surface area (Å²) < 4.78 is 0. The van der Waals surface area contributed by atoms with Crippen LogP contribution in [0.25, 0.3) is 0 Å². The van der Waals surface area contributed by atoms with Gasteiger partial charge in [-0.25, -0.2) is 0 Å². The Bertz CT molecular complexity index is 438. The van der Waals surface area contributed by atoms with Crippen LogP contribution in [0.15, 0.2) is 24.3 Å². The number of hydrogen-bond acceptors (Lipinski definition) is 3. The zero-order chi connectivity index (χ0) is 14.4. The van der Waals surface area contributed by atoms with E-state index in [1.807, 2.05) is 23.9 Å². The fourth-order valence-corrected chi connectivity index (χ4v) is 3.12. The fraction of sp³-hybridized carbons (Fsp3) is 0.562. The first-order valence-electron chi connectivity index (χ1n) is 7.33. The summed E-state index contributed by atoms with van der Waals surface area (Å²) in [4.78, 5) is 12.2. The molecule has 0 saturated heterocycles. The number of rotatable bonds is 5. The Morgan fingerprint density at radius 1 is 1.33 bits per heavy atom. The minimum absolute atomic E-state index is 0. The fourth-order valence-electron chi connectivity index (χ4n) is 2.68. The molecule has 0 heterocycles. The van der Waals surface area contributed by atoms with Crippen molar-refractivity contribution in [1.29, 1.82) is 0 Å². The van der Waals surface area contributed by atoms with E-state index in [9.17, 15) is 4.79 Å². The molecular formula is C16H25ClN2OS. The Kier molecular flexibility index (Phi) is 8.15. The van der Waals surface area contributed by atoms with Crippen molar-refractivity contribution < 1.29 is 4.79 Å². The van der Waals surface area contributed by atoms with Crippen LogP contribution >= 0.6 is 24.2 Å². The Balaban J connectivity index is 0.00000220. The molecule has 3 nitrogen and oxygen atoms in total. The van der Waals surface area contributed by atoms with Gasteiger partial charge in [0, 0.05) is 17.6 Å². The lowest BCUT2D eigenvalue weighted by atomic mass is 9.85. The predicted molar refractivity (Wildman–Crippen MR) is 94.3 cm³/mol. The summed E-state index contributed by atoms with van der Waals surface area (Å²) in [5.41, 5.74) is 8.15. The third-order valence-electron chi connectivity index (χ3n) is 3.90. The quantitative estimate of drug-likeness (QED) is 0.870. The van der Waals surface area contributed by atoms with E-state index in [1.54, 1.807) is 0 Å². The average molecular weight is 329 g/mol. The highest BCUT2D eigenvalue weighted by Gasteiger charge is 2.25. The van der Waals surface area contributed by atoms with Crippen molar-refractivity contribution in [3.8, 4) is 0 Å². The molecule has 3 N–H and O–H groups in total. The maximum absolute atomic E-state index is 12.2. The van der Waals surface area contributed by atoms with E-state index in [2.05, 4.69) is 23.7 Å². The molecule has 1 aliphatic carbocycles. The lowest BCUT2D eigenvalue weighted by Crippen LogP contribution is -2.34. The number of halogens is 1. The van der Waals surface area contributed by atoms with Gasteiger partial charge in [-0.1, -0.05) is 18.6 Å². The standard InChI is InChI=1S/C16H24N2OS.ClH/c1-20-10-9-12-5-7-15(8-6-12)18-16(19)13-3-2-4-14(17)11-13;/h5-8,13-14H,2-4,9-11,17H2,1H3,(H,18,19);1H. The van der Waals surface area contributed by atoms with Crippen molar-refractivity contribution in [2.45, 2.75) is 38.1 Å². The van der Waals surface area contributed by atoms with Crippen LogP contribution in [0.1, 0.15) is 31.2 Å². The van der Waals surface area contributed by atoms with Gasteiger partial charge in [-0.2, -0.15) is 11.8 Å². The smallest absolute Gasteiger partial charge is 0.227 e. The second kappa shape index (κ2) is 9.34. The molecule has 0 bridgehead atoms. The Labute approximate surface area is 137 Å². The molecule has 0 aromatic heterocycles. The molecule has 1 aromatic rings. The van der Waals surface area contributed by atoms with Crippen LogP contribution in [-0.2, 0) is 11.2 Å². The number of benzene rings is 1. The van der Waals surface area contributed by atoms with Crippen LogP contribution in [0.3, 0.4) is 0 Å². The van der Waals surface area contributed by atoms with Crippen LogP contribution in [-0.4, -0.2) is 24.0 Å². The lowest BCUT2D eigenvalue weighted by molar-refractivity contribution is -0.120. The van der Waals surface area contributed by atoms with Crippen molar-refractivity contribution in [3.05, 3.63) is 29.8 Å². The molecule has 1 aromatic carbocycles. The molecule has 0 radical (unpaired) electrons. The van der Waals surface area contributed by atoms with Crippen molar-refractivity contribution in [2.75, 3.05) is 17.3 Å². The first-order valence-corrected chi connectivity index (χ1v) is 8.72. The van der Waals surface area contributed by atoms with Gasteiger partial charge in [0.2, 0.25) is 5.91 Å². The van der Waals surface area contributed by atoms with Gasteiger partial charge < -0.3 is 11.1 Å². The van der Waals surface area contributed by atoms with Crippen molar-refractivity contribution in [1.82, 2.24) is 0 Å². The van der Waals surface area contributed by atoms with E-state index in [-0.39, 0.29) is 30.3 Å². The molecule has 2 atom stereocenters. The van der Waals surface area contributed by atoms with E-state index >= 15 is 0 Å². The zero-order valence-corrected chi connectivity index (χ0v) is 14.1. The van der Waals surface area contributed by atoms with Gasteiger partial charge in [0.25, 0.3) is 0 Å². The van der Waals surface area contributed by atoms with Gasteiger partial charge in [0.05, 0.1) is 0 Å². The largest absolute Gasteiger partial charge is 0.328 e. The minimum atomic E-state index is 0. The molecular weight excluding hydrogens is 304 g/mol. The molecule has 1 fully saturated rings. The molecule has 0 spiro atoms. The van der Waals surface area contributed by atoms with E-state index < -0.39 is 0 Å². The van der Waals surface area contributed by atoms with Gasteiger partial charge in [-0.15, -0.1) is 12.4 Å². The highest BCUT2D eigenvalue weighted by Crippen LogP contribution is 2.24. The summed E-state index contributed by atoms with van der Waals surface area (Å²) in [5, 5.41) is 3.02. The average Bonchev–Trinajstić information content (AvgIpc) is 2.46. The first kappa shape index (κ1) is 18.3. The number of nitrogens with one attached hydrogen (secondary N) is 1. The number of hydrogen-bond donors (Lipinski definition) is 2. The number of nitrogens with two attached hydrogens (primary N) is 1. The molecule has 2 rings (SSSR count). The molecule has 1 amide bonds. The normalized spacial score (nSPS) is 21.4. The predicted octanol–water partition coefficient (Wildman–Crippen LogP) is 3.47. The second-order valence-electron chi connectivity index (χ2n) is 5.55. The number of anilines is 1. The maximum atomic E-state index is 12.2. The molecule has 118 valence electrons. The summed E-state index contributed by atoms with van der Waals surface area (Å²) in [6.45, 7) is 0. The van der Waals surface area contributed by atoms with Crippen LogP contribution in [0, 0.1) is 5.92 Å². The molecule has 21 heavy (non-hydrogen) atoms. The van der Waals surface area contributed by atoms with Crippen molar-refractivity contribution in [3.63, 3.8) is 0 Å². The second-order valence-corrected chi connectivity index (χ2v) is 6.54. The van der Waals surface area contributed by atoms with Crippen LogP contribution in [0.5, 0.6) is 0 Å². The van der Waals surface area contributed by atoms with E-state index in [4.69, 9.17) is 5.73 Å². The molecule has 2 unspecified atom stereocenters. The monoisotopic (exact) mass is 328 g/mol. The summed E-state index contributed by atoms with van der Waals surface area (Å²) in [6, 6.07) is 8.37. The van der Waals surface area contributed by atoms with Crippen LogP contribution in [0.2, 0.25) is 0 Å². The third-order valence-corrected chi connectivity index (χ3v) is 4.51. The topological polar surface area (TPSA) is 55.1 Å². The summed E-state index contributed by atoms with van der Waals surface area (Å²) in [6.07, 6.45) is 7.08. The van der Waals surface area contributed by atoms with Gasteiger partial charge in [0.15, 0.2) is 0 Å². The molecule has 1 aliphatic rings. The van der Waals surface area contributed by atoms with E-state index in [1.165, 1.54) is 5.56 Å². The third kappa shape index (κ3) is 5.89. The van der Waals surface area contributed by atoms with Gasteiger partial charge in [-0.05, 0) is 55.4 Å². The van der Waals surface area contributed by atoms with E-state index in [0.717, 1.165) is 43.5 Å². The number of carbonyl (C=O) groups excluding carboxylic acids is 1. The van der Waals surface area contributed by atoms with Crippen molar-refractivity contribution in [2.24, 2.45) is 11.7 Å². The highest BCUT2D eigenvalue weighted by atomic mass is 35.5.